The zero-order chi connectivity index (χ0) is 9.38. The zero-order valence-electron chi connectivity index (χ0n) is 7.44. The second-order valence-electron chi connectivity index (χ2n) is 3.15. The fourth-order valence-electron chi connectivity index (χ4n) is 1.62. The molecule has 0 saturated heterocycles. The van der Waals surface area contributed by atoms with E-state index in [9.17, 15) is 0 Å². The molecule has 0 spiro atoms. The van der Waals surface area contributed by atoms with Crippen LogP contribution in [0.5, 0.6) is 0 Å². The van der Waals surface area contributed by atoms with Crippen molar-refractivity contribution in [3.63, 3.8) is 0 Å². The quantitative estimate of drug-likeness (QED) is 0.496. The lowest BCUT2D eigenvalue weighted by atomic mass is 10.1. The van der Waals surface area contributed by atoms with E-state index in [4.69, 9.17) is 0 Å². The Hall–Kier alpha value is -1.96. The Morgan fingerprint density at radius 3 is 3.14 bits per heavy atom. The van der Waals surface area contributed by atoms with Crippen LogP contribution in [0.2, 0.25) is 0 Å². The Morgan fingerprint density at radius 1 is 1.14 bits per heavy atom. The van der Waals surface area contributed by atoms with Crippen molar-refractivity contribution in [3.8, 4) is 0 Å². The van der Waals surface area contributed by atoms with E-state index >= 15 is 0 Å². The van der Waals surface area contributed by atoms with Crippen molar-refractivity contribution < 1.29 is 0 Å². The number of hydrogen-bond donors (Lipinski definition) is 0. The summed E-state index contributed by atoms with van der Waals surface area (Å²) < 4.78 is 0. The molecule has 3 aromatic rings. The second-order valence-corrected chi connectivity index (χ2v) is 3.15. The minimum absolute atomic E-state index is 0.970. The van der Waals surface area contributed by atoms with Crippen LogP contribution in [0.25, 0.3) is 21.7 Å². The molecule has 0 aliphatic heterocycles. The van der Waals surface area contributed by atoms with E-state index in [0.717, 1.165) is 21.7 Å². The first kappa shape index (κ1) is 7.44. The van der Waals surface area contributed by atoms with E-state index in [1.54, 1.807) is 12.4 Å². The molecule has 2 nitrogen and oxygen atoms in total. The van der Waals surface area contributed by atoms with Crippen LogP contribution in [-0.2, 0) is 0 Å². The Bertz CT molecular complexity index is 547. The maximum atomic E-state index is 4.34. The molecule has 1 radical (unpaired) electrons. The maximum Gasteiger partial charge on any atom is 0.0802 e. The average Bonchev–Trinajstić information content (AvgIpc) is 2.29. The Morgan fingerprint density at radius 2 is 2.14 bits per heavy atom. The first-order valence-corrected chi connectivity index (χ1v) is 4.44. The van der Waals surface area contributed by atoms with Gasteiger partial charge in [-0.05, 0) is 29.7 Å². The number of rotatable bonds is 0. The monoisotopic (exact) mass is 179 g/mol. The highest BCUT2D eigenvalue weighted by atomic mass is 14.7. The van der Waals surface area contributed by atoms with Crippen LogP contribution < -0.4 is 0 Å². The van der Waals surface area contributed by atoms with Gasteiger partial charge in [0.1, 0.15) is 0 Å². The molecule has 2 heterocycles. The van der Waals surface area contributed by atoms with Crippen molar-refractivity contribution in [3.05, 3.63) is 48.9 Å². The van der Waals surface area contributed by atoms with Gasteiger partial charge in [0.05, 0.1) is 5.52 Å². The van der Waals surface area contributed by atoms with E-state index in [0.29, 0.717) is 0 Å². The van der Waals surface area contributed by atoms with Crippen molar-refractivity contribution in [1.82, 2.24) is 9.97 Å². The minimum atomic E-state index is 0.970. The molecule has 0 atom stereocenters. The Kier molecular flexibility index (Phi) is 1.47. The van der Waals surface area contributed by atoms with Gasteiger partial charge in [-0.15, -0.1) is 0 Å². The van der Waals surface area contributed by atoms with Gasteiger partial charge in [0.15, 0.2) is 0 Å². The van der Waals surface area contributed by atoms with Crippen molar-refractivity contribution in [2.45, 2.75) is 0 Å². The van der Waals surface area contributed by atoms with Crippen LogP contribution in [0, 0.1) is 6.07 Å². The summed E-state index contributed by atoms with van der Waals surface area (Å²) in [6.45, 7) is 0. The first-order valence-electron chi connectivity index (χ1n) is 4.44. The predicted octanol–water partition coefficient (Wildman–Crippen LogP) is 2.58. The van der Waals surface area contributed by atoms with Crippen molar-refractivity contribution >= 4 is 21.7 Å². The van der Waals surface area contributed by atoms with Gasteiger partial charge < -0.3 is 0 Å². The SMILES string of the molecule is [c]1cc2ccncc2c2ncccc12. The molecule has 0 fully saturated rings. The highest BCUT2D eigenvalue weighted by molar-refractivity contribution is 6.04. The number of pyridine rings is 2. The summed E-state index contributed by atoms with van der Waals surface area (Å²) in [5.41, 5.74) is 0.970. The van der Waals surface area contributed by atoms with Crippen molar-refractivity contribution in [2.75, 3.05) is 0 Å². The third-order valence-electron chi connectivity index (χ3n) is 2.30. The third-order valence-corrected chi connectivity index (χ3v) is 2.30. The van der Waals surface area contributed by atoms with Gasteiger partial charge in [-0.25, -0.2) is 0 Å². The third kappa shape index (κ3) is 0.973. The number of benzene rings is 1. The Labute approximate surface area is 81.2 Å². The molecule has 0 N–H and O–H groups in total. The lowest BCUT2D eigenvalue weighted by molar-refractivity contribution is 1.36. The van der Waals surface area contributed by atoms with Crippen LogP contribution in [-0.4, -0.2) is 9.97 Å². The van der Waals surface area contributed by atoms with E-state index < -0.39 is 0 Å². The molecular weight excluding hydrogens is 172 g/mol. The normalized spacial score (nSPS) is 10.9. The fourth-order valence-corrected chi connectivity index (χ4v) is 1.62. The topological polar surface area (TPSA) is 25.8 Å². The summed E-state index contributed by atoms with van der Waals surface area (Å²) in [4.78, 5) is 8.45. The van der Waals surface area contributed by atoms with Crippen molar-refractivity contribution in [2.24, 2.45) is 0 Å². The summed E-state index contributed by atoms with van der Waals surface area (Å²) >= 11 is 0. The van der Waals surface area contributed by atoms with E-state index in [-0.39, 0.29) is 0 Å². The van der Waals surface area contributed by atoms with Crippen LogP contribution in [0.4, 0.5) is 0 Å². The summed E-state index contributed by atoms with van der Waals surface area (Å²) in [7, 11) is 0. The van der Waals surface area contributed by atoms with Gasteiger partial charge in [0, 0.05) is 29.4 Å². The van der Waals surface area contributed by atoms with Gasteiger partial charge >= 0.3 is 0 Å². The number of fused-ring (bicyclic) bond motifs is 3. The molecule has 0 saturated carbocycles. The van der Waals surface area contributed by atoms with Gasteiger partial charge in [-0.2, -0.15) is 0 Å². The standard InChI is InChI=1S/C12H7N2/c1-2-10-4-3-9-5-7-13-8-11(9)12(10)14-6-1/h1-3,5-8H. The second kappa shape index (κ2) is 2.77. The van der Waals surface area contributed by atoms with E-state index in [2.05, 4.69) is 16.0 Å². The smallest absolute Gasteiger partial charge is 0.0802 e. The molecule has 3 rings (SSSR count). The number of hydrogen-bond acceptors (Lipinski definition) is 2. The number of aromatic nitrogens is 2. The summed E-state index contributed by atoms with van der Waals surface area (Å²) in [5.74, 6) is 0. The molecule has 14 heavy (non-hydrogen) atoms. The Balaban J connectivity index is 2.61. The van der Waals surface area contributed by atoms with Crippen LogP contribution in [0.15, 0.2) is 42.9 Å². The van der Waals surface area contributed by atoms with E-state index in [1.165, 1.54) is 0 Å². The molecule has 2 heteroatoms. The molecular formula is C12H7N2. The molecule has 0 unspecified atom stereocenters. The average molecular weight is 179 g/mol. The molecule has 0 amide bonds. The van der Waals surface area contributed by atoms with Gasteiger partial charge in [-0.3, -0.25) is 9.97 Å². The summed E-state index contributed by atoms with van der Waals surface area (Å²) in [6, 6.07) is 11.1. The molecule has 0 bridgehead atoms. The predicted molar refractivity (Wildman–Crippen MR) is 55.9 cm³/mol. The van der Waals surface area contributed by atoms with Gasteiger partial charge in [0.2, 0.25) is 0 Å². The molecule has 65 valence electrons. The van der Waals surface area contributed by atoms with Gasteiger partial charge in [0.25, 0.3) is 0 Å². The van der Waals surface area contributed by atoms with E-state index in [1.807, 2.05) is 30.5 Å². The fraction of sp³-hybridized carbons (Fsp3) is 0. The largest absolute Gasteiger partial charge is 0.264 e. The summed E-state index contributed by atoms with van der Waals surface area (Å²) in [5, 5.41) is 3.25. The highest BCUT2D eigenvalue weighted by Gasteiger charge is 1.99. The van der Waals surface area contributed by atoms with Crippen molar-refractivity contribution in [1.29, 1.82) is 0 Å². The molecule has 1 aromatic carbocycles. The zero-order valence-corrected chi connectivity index (χ0v) is 7.44. The molecule has 2 aromatic heterocycles. The lowest BCUT2D eigenvalue weighted by Crippen LogP contribution is -1.81. The highest BCUT2D eigenvalue weighted by Crippen LogP contribution is 2.21. The minimum Gasteiger partial charge on any atom is -0.264 e. The van der Waals surface area contributed by atoms with Crippen LogP contribution >= 0.6 is 0 Å². The van der Waals surface area contributed by atoms with Gasteiger partial charge in [-0.1, -0.05) is 6.07 Å². The number of nitrogens with zero attached hydrogens (tertiary/aromatic N) is 2. The molecule has 0 aliphatic rings. The van der Waals surface area contributed by atoms with Crippen LogP contribution in [0.3, 0.4) is 0 Å². The first-order chi connectivity index (χ1) is 6.95. The lowest BCUT2D eigenvalue weighted by Gasteiger charge is -2.00. The summed E-state index contributed by atoms with van der Waals surface area (Å²) in [6.07, 6.45) is 5.42. The maximum absolute atomic E-state index is 4.34. The molecule has 0 aliphatic carbocycles. The van der Waals surface area contributed by atoms with Crippen LogP contribution in [0.1, 0.15) is 0 Å².